The predicted octanol–water partition coefficient (Wildman–Crippen LogP) is 0.860. The highest BCUT2D eigenvalue weighted by molar-refractivity contribution is 7.92. The van der Waals surface area contributed by atoms with Crippen molar-refractivity contribution in [1.29, 1.82) is 5.26 Å². The van der Waals surface area contributed by atoms with E-state index >= 15 is 0 Å². The van der Waals surface area contributed by atoms with Gasteiger partial charge < -0.3 is 4.57 Å². The van der Waals surface area contributed by atoms with Gasteiger partial charge in [-0.1, -0.05) is 0 Å². The Hall–Kier alpha value is -2.34. The second-order valence-corrected chi connectivity index (χ2v) is 5.76. The van der Waals surface area contributed by atoms with Gasteiger partial charge in [-0.3, -0.25) is 9.82 Å². The summed E-state index contributed by atoms with van der Waals surface area (Å²) in [5.74, 6) is 0. The van der Waals surface area contributed by atoms with Crippen LogP contribution in [0, 0.1) is 11.3 Å². The van der Waals surface area contributed by atoms with E-state index in [1.54, 1.807) is 10.6 Å². The monoisotopic (exact) mass is 280 g/mol. The number of nitrogens with zero attached hydrogens (tertiary/aromatic N) is 4. The second kappa shape index (κ2) is 4.74. The maximum absolute atomic E-state index is 12.1. The molecule has 0 bridgehead atoms. The normalized spacial score (nSPS) is 11.5. The molecule has 0 aromatic carbocycles. The lowest BCUT2D eigenvalue weighted by atomic mass is 10.4. The molecular weight excluding hydrogens is 268 g/mol. The molecule has 0 radical (unpaired) electrons. The van der Waals surface area contributed by atoms with Gasteiger partial charge in [-0.15, -0.1) is 0 Å². The van der Waals surface area contributed by atoms with Crippen LogP contribution in [0.1, 0.15) is 25.6 Å². The number of hydrogen-bond donors (Lipinski definition) is 2. The number of sulfonamides is 1. The van der Waals surface area contributed by atoms with Gasteiger partial charge >= 0.3 is 0 Å². The third kappa shape index (κ3) is 2.58. The lowest BCUT2D eigenvalue weighted by Crippen LogP contribution is -2.13. The molecule has 0 fully saturated rings. The average molecular weight is 280 g/mol. The number of H-pyrrole nitrogens is 1. The fourth-order valence-corrected chi connectivity index (χ4v) is 2.38. The quantitative estimate of drug-likeness (QED) is 0.861. The number of imidazole rings is 1. The van der Waals surface area contributed by atoms with Crippen LogP contribution >= 0.6 is 0 Å². The molecule has 2 aromatic heterocycles. The van der Waals surface area contributed by atoms with Crippen molar-refractivity contribution in [3.8, 4) is 6.07 Å². The Balaban J connectivity index is 2.30. The van der Waals surface area contributed by atoms with Crippen molar-refractivity contribution < 1.29 is 8.42 Å². The van der Waals surface area contributed by atoms with E-state index in [1.165, 1.54) is 18.7 Å². The smallest absolute Gasteiger partial charge is 0.281 e. The molecule has 2 heterocycles. The van der Waals surface area contributed by atoms with Gasteiger partial charge in [0.15, 0.2) is 10.7 Å². The molecule has 0 amide bonds. The molecule has 2 aromatic rings. The summed E-state index contributed by atoms with van der Waals surface area (Å²) in [6.45, 7) is 3.82. The molecule has 2 N–H and O–H groups in total. The highest BCUT2D eigenvalue weighted by atomic mass is 32.2. The molecule has 8 nitrogen and oxygen atoms in total. The Bertz CT molecular complexity index is 721. The SMILES string of the molecule is CC(C)n1cnc(S(=O)(=O)Nc2cn[nH]c2C#N)c1. The average Bonchev–Trinajstić information content (AvgIpc) is 2.95. The maximum Gasteiger partial charge on any atom is 0.281 e. The number of nitriles is 1. The number of aromatic nitrogens is 4. The Labute approximate surface area is 110 Å². The van der Waals surface area contributed by atoms with Crippen LogP contribution in [-0.2, 0) is 10.0 Å². The van der Waals surface area contributed by atoms with Gasteiger partial charge in [0, 0.05) is 12.2 Å². The zero-order valence-corrected chi connectivity index (χ0v) is 11.1. The lowest BCUT2D eigenvalue weighted by molar-refractivity contribution is 0.591. The topological polar surface area (TPSA) is 116 Å². The van der Waals surface area contributed by atoms with E-state index in [0.29, 0.717) is 0 Å². The van der Waals surface area contributed by atoms with Gasteiger partial charge in [0.1, 0.15) is 11.8 Å². The van der Waals surface area contributed by atoms with Crippen molar-refractivity contribution in [2.24, 2.45) is 0 Å². The first kappa shape index (κ1) is 13.1. The summed E-state index contributed by atoms with van der Waals surface area (Å²) in [5, 5.41) is 14.7. The highest BCUT2D eigenvalue weighted by Gasteiger charge is 2.20. The predicted molar refractivity (Wildman–Crippen MR) is 66.7 cm³/mol. The Kier molecular flexibility index (Phi) is 3.26. The molecule has 0 unspecified atom stereocenters. The van der Waals surface area contributed by atoms with Gasteiger partial charge in [0.2, 0.25) is 0 Å². The van der Waals surface area contributed by atoms with Crippen molar-refractivity contribution in [3.63, 3.8) is 0 Å². The van der Waals surface area contributed by atoms with Gasteiger partial charge in [-0.25, -0.2) is 4.98 Å². The van der Waals surface area contributed by atoms with E-state index in [2.05, 4.69) is 19.9 Å². The van der Waals surface area contributed by atoms with Gasteiger partial charge in [-0.2, -0.15) is 18.8 Å². The summed E-state index contributed by atoms with van der Waals surface area (Å²) in [6.07, 6.45) is 4.11. The molecule has 100 valence electrons. The van der Waals surface area contributed by atoms with Crippen molar-refractivity contribution in [3.05, 3.63) is 24.4 Å². The third-order valence-electron chi connectivity index (χ3n) is 2.44. The van der Waals surface area contributed by atoms with Crippen LogP contribution in [0.15, 0.2) is 23.7 Å². The van der Waals surface area contributed by atoms with E-state index in [0.717, 1.165) is 0 Å². The van der Waals surface area contributed by atoms with Crippen LogP contribution < -0.4 is 4.72 Å². The molecule has 0 aliphatic heterocycles. The minimum absolute atomic E-state index is 0.0480. The lowest BCUT2D eigenvalue weighted by Gasteiger charge is -2.05. The zero-order chi connectivity index (χ0) is 14.0. The first-order chi connectivity index (χ1) is 8.94. The molecule has 2 rings (SSSR count). The molecule has 9 heteroatoms. The van der Waals surface area contributed by atoms with Crippen molar-refractivity contribution in [2.45, 2.75) is 24.9 Å². The van der Waals surface area contributed by atoms with E-state index in [9.17, 15) is 8.42 Å². The van der Waals surface area contributed by atoms with Crippen LogP contribution in [-0.4, -0.2) is 28.2 Å². The van der Waals surface area contributed by atoms with Gasteiger partial charge in [0.05, 0.1) is 12.5 Å². The molecule has 0 saturated heterocycles. The largest absolute Gasteiger partial charge is 0.334 e. The summed E-state index contributed by atoms with van der Waals surface area (Å²) in [4.78, 5) is 3.84. The van der Waals surface area contributed by atoms with E-state index < -0.39 is 10.0 Å². The van der Waals surface area contributed by atoms with Gasteiger partial charge in [0.25, 0.3) is 10.0 Å². The molecule has 0 atom stereocenters. The van der Waals surface area contributed by atoms with Crippen LogP contribution in [0.4, 0.5) is 5.69 Å². The number of rotatable bonds is 4. The first-order valence-corrected chi connectivity index (χ1v) is 6.92. The molecular formula is C10H12N6O2S. The zero-order valence-electron chi connectivity index (χ0n) is 10.3. The molecule has 19 heavy (non-hydrogen) atoms. The summed E-state index contributed by atoms with van der Waals surface area (Å²) >= 11 is 0. The summed E-state index contributed by atoms with van der Waals surface area (Å²) < 4.78 is 28.1. The minimum Gasteiger partial charge on any atom is -0.334 e. The molecule has 0 aliphatic rings. The van der Waals surface area contributed by atoms with E-state index in [1.807, 2.05) is 13.8 Å². The Morgan fingerprint density at radius 3 is 2.84 bits per heavy atom. The number of aromatic amines is 1. The summed E-state index contributed by atoms with van der Waals surface area (Å²) in [6, 6.07) is 1.91. The van der Waals surface area contributed by atoms with Crippen LogP contribution in [0.2, 0.25) is 0 Å². The van der Waals surface area contributed by atoms with Crippen molar-refractivity contribution >= 4 is 15.7 Å². The van der Waals surface area contributed by atoms with Crippen LogP contribution in [0.25, 0.3) is 0 Å². The highest BCUT2D eigenvalue weighted by Crippen LogP contribution is 2.17. The first-order valence-electron chi connectivity index (χ1n) is 5.44. The summed E-state index contributed by atoms with van der Waals surface area (Å²) in [5.41, 5.74) is 0.147. The molecule has 0 aliphatic carbocycles. The Morgan fingerprint density at radius 1 is 1.53 bits per heavy atom. The third-order valence-corrected chi connectivity index (χ3v) is 3.70. The summed E-state index contributed by atoms with van der Waals surface area (Å²) in [7, 11) is -3.82. The Morgan fingerprint density at radius 2 is 2.26 bits per heavy atom. The van der Waals surface area contributed by atoms with Crippen LogP contribution in [0.3, 0.4) is 0 Å². The fraction of sp³-hybridized carbons (Fsp3) is 0.300. The standard InChI is InChI=1S/C10H12N6O2S/c1-7(2)16-5-10(12-6-16)19(17,18)15-9-4-13-14-8(9)3-11/h4-7,15H,1-2H3,(H,13,14). The number of nitrogens with one attached hydrogen (secondary N) is 2. The fourth-order valence-electron chi connectivity index (χ4n) is 1.38. The van der Waals surface area contributed by atoms with Crippen molar-refractivity contribution in [2.75, 3.05) is 4.72 Å². The second-order valence-electron chi connectivity index (χ2n) is 4.13. The molecule has 0 spiro atoms. The minimum atomic E-state index is -3.82. The maximum atomic E-state index is 12.1. The van der Waals surface area contributed by atoms with E-state index in [4.69, 9.17) is 5.26 Å². The van der Waals surface area contributed by atoms with Crippen LogP contribution in [0.5, 0.6) is 0 Å². The van der Waals surface area contributed by atoms with Crippen molar-refractivity contribution in [1.82, 2.24) is 19.7 Å². The number of hydrogen-bond acceptors (Lipinski definition) is 5. The molecule has 0 saturated carbocycles. The number of anilines is 1. The van der Waals surface area contributed by atoms with Gasteiger partial charge in [-0.05, 0) is 13.8 Å². The van der Waals surface area contributed by atoms with E-state index in [-0.39, 0.29) is 22.4 Å².